The first-order valence-corrected chi connectivity index (χ1v) is 7.09. The molecule has 0 aliphatic heterocycles. The highest BCUT2D eigenvalue weighted by molar-refractivity contribution is 6.30. The Bertz CT molecular complexity index is 671. The van der Waals surface area contributed by atoms with Gasteiger partial charge in [-0.05, 0) is 39.0 Å². The van der Waals surface area contributed by atoms with E-state index >= 15 is 0 Å². The molecule has 2 aromatic rings. The Morgan fingerprint density at radius 2 is 1.86 bits per heavy atom. The smallest absolute Gasteiger partial charge is 0.288 e. The van der Waals surface area contributed by atoms with Crippen molar-refractivity contribution in [3.05, 3.63) is 64.1 Å². The van der Waals surface area contributed by atoms with Gasteiger partial charge in [0.15, 0.2) is 17.7 Å². The maximum absolute atomic E-state index is 12.0. The first kappa shape index (κ1) is 16.1. The van der Waals surface area contributed by atoms with E-state index in [0.29, 0.717) is 15.3 Å². The van der Waals surface area contributed by atoms with Gasteiger partial charge in [-0.2, -0.15) is 4.73 Å². The Morgan fingerprint density at radius 3 is 2.41 bits per heavy atom. The molecule has 22 heavy (non-hydrogen) atoms. The van der Waals surface area contributed by atoms with Crippen LogP contribution >= 0.6 is 11.6 Å². The van der Waals surface area contributed by atoms with Gasteiger partial charge in [0.05, 0.1) is 0 Å². The van der Waals surface area contributed by atoms with E-state index in [1.807, 2.05) is 20.8 Å². The summed E-state index contributed by atoms with van der Waals surface area (Å²) in [6, 6.07) is 9.65. The van der Waals surface area contributed by atoms with Gasteiger partial charge in [0, 0.05) is 16.7 Å². The molecule has 0 radical (unpaired) electrons. The Hall–Kier alpha value is -2.27. The molecule has 0 aliphatic rings. The molecule has 2 rings (SSSR count). The molecule has 0 fully saturated rings. The molecule has 0 atom stereocenters. The number of nitrogens with zero attached hydrogens (tertiary/aromatic N) is 2. The molecule has 0 aliphatic carbocycles. The van der Waals surface area contributed by atoms with Crippen LogP contribution in [0.3, 0.4) is 0 Å². The van der Waals surface area contributed by atoms with Crippen molar-refractivity contribution in [2.45, 2.75) is 26.4 Å². The number of pyridine rings is 1. The van der Waals surface area contributed by atoms with Crippen LogP contribution in [0.4, 0.5) is 0 Å². The van der Waals surface area contributed by atoms with Gasteiger partial charge in [-0.15, -0.1) is 0 Å². The molecule has 0 saturated carbocycles. The topological polar surface area (TPSA) is 68.8 Å². The highest BCUT2D eigenvalue weighted by Gasteiger charge is 2.23. The molecule has 0 unspecified atom stereocenters. The molecule has 0 saturated heterocycles. The molecular formula is C16H17ClN2O3. The fraction of sp³-hybridized carbons (Fsp3) is 0.250. The predicted octanol–water partition coefficient (Wildman–Crippen LogP) is 3.25. The number of benzene rings is 1. The van der Waals surface area contributed by atoms with Crippen LogP contribution in [-0.2, 0) is 4.84 Å². The maximum Gasteiger partial charge on any atom is 0.288 e. The van der Waals surface area contributed by atoms with Crippen LogP contribution < -0.4 is 4.73 Å². The van der Waals surface area contributed by atoms with Crippen molar-refractivity contribution in [3.63, 3.8) is 0 Å². The second kappa shape index (κ2) is 6.23. The summed E-state index contributed by atoms with van der Waals surface area (Å²) in [6.45, 7) is 5.52. The van der Waals surface area contributed by atoms with E-state index in [-0.39, 0.29) is 17.2 Å². The predicted molar refractivity (Wildman–Crippen MR) is 85.0 cm³/mol. The van der Waals surface area contributed by atoms with Gasteiger partial charge in [0.1, 0.15) is 5.60 Å². The fourth-order valence-electron chi connectivity index (χ4n) is 1.73. The third-order valence-corrected chi connectivity index (χ3v) is 2.94. The number of rotatable bonds is 3. The summed E-state index contributed by atoms with van der Waals surface area (Å²) in [5.74, 6) is -0.177. The van der Waals surface area contributed by atoms with E-state index in [9.17, 15) is 10.3 Å². The summed E-state index contributed by atoms with van der Waals surface area (Å²) in [4.78, 5) is 5.43. The van der Waals surface area contributed by atoms with Gasteiger partial charge in [-0.3, -0.25) is 0 Å². The zero-order valence-corrected chi connectivity index (χ0v) is 13.3. The van der Waals surface area contributed by atoms with Crippen molar-refractivity contribution >= 4 is 17.3 Å². The monoisotopic (exact) mass is 320 g/mol. The quantitative estimate of drug-likeness (QED) is 0.408. The summed E-state index contributed by atoms with van der Waals surface area (Å²) in [7, 11) is 0. The van der Waals surface area contributed by atoms with Crippen molar-refractivity contribution < 1.29 is 14.7 Å². The van der Waals surface area contributed by atoms with Gasteiger partial charge in [0.2, 0.25) is 0 Å². The standard InChI is InChI=1S/C16H17ClN2O3/c1-16(2,3)22-18-14(11-6-8-12(17)9-7-11)15-13(20)5-4-10-19(15)21/h4-10,20H,1-3H3/b18-14+. The van der Waals surface area contributed by atoms with Gasteiger partial charge < -0.3 is 15.2 Å². The molecule has 1 N–H and O–H groups in total. The summed E-state index contributed by atoms with van der Waals surface area (Å²) >= 11 is 5.89. The second-order valence-electron chi connectivity index (χ2n) is 5.72. The normalized spacial score (nSPS) is 12.3. The summed E-state index contributed by atoms with van der Waals surface area (Å²) in [6.07, 6.45) is 1.29. The molecule has 116 valence electrons. The van der Waals surface area contributed by atoms with Crippen LogP contribution in [0.1, 0.15) is 32.0 Å². The summed E-state index contributed by atoms with van der Waals surface area (Å²) in [5.41, 5.74) is 0.337. The van der Waals surface area contributed by atoms with Crippen molar-refractivity contribution in [1.82, 2.24) is 0 Å². The minimum atomic E-state index is -0.532. The van der Waals surface area contributed by atoms with Crippen LogP contribution in [0, 0.1) is 5.21 Å². The number of halogens is 1. The lowest BCUT2D eigenvalue weighted by Crippen LogP contribution is -2.35. The average Bonchev–Trinajstić information content (AvgIpc) is 2.42. The molecule has 1 heterocycles. The minimum Gasteiger partial charge on any atom is -0.618 e. The van der Waals surface area contributed by atoms with Crippen molar-refractivity contribution in [2.75, 3.05) is 0 Å². The van der Waals surface area contributed by atoms with Gasteiger partial charge in [-0.25, -0.2) is 0 Å². The molecule has 0 amide bonds. The van der Waals surface area contributed by atoms with Gasteiger partial charge in [-0.1, -0.05) is 28.9 Å². The van der Waals surface area contributed by atoms with E-state index in [0.717, 1.165) is 0 Å². The van der Waals surface area contributed by atoms with E-state index in [1.165, 1.54) is 18.3 Å². The average molecular weight is 321 g/mol. The summed E-state index contributed by atoms with van der Waals surface area (Å²) < 4.78 is 0.550. The van der Waals surface area contributed by atoms with Crippen LogP contribution in [0.25, 0.3) is 0 Å². The van der Waals surface area contributed by atoms with E-state index in [1.54, 1.807) is 24.3 Å². The number of hydrogen-bond donors (Lipinski definition) is 1. The molecule has 5 nitrogen and oxygen atoms in total. The maximum atomic E-state index is 12.0. The highest BCUT2D eigenvalue weighted by Crippen LogP contribution is 2.20. The van der Waals surface area contributed by atoms with Crippen molar-refractivity contribution in [1.29, 1.82) is 0 Å². The highest BCUT2D eigenvalue weighted by atomic mass is 35.5. The third kappa shape index (κ3) is 3.89. The first-order chi connectivity index (χ1) is 10.3. The SMILES string of the molecule is CC(C)(C)O/N=C(\c1ccc(Cl)cc1)c1c(O)ccc[n+]1[O-]. The second-order valence-corrected chi connectivity index (χ2v) is 6.15. The molecule has 0 bridgehead atoms. The van der Waals surface area contributed by atoms with Crippen molar-refractivity contribution in [2.24, 2.45) is 5.16 Å². The van der Waals surface area contributed by atoms with Crippen LogP contribution in [0.15, 0.2) is 47.8 Å². The third-order valence-electron chi connectivity index (χ3n) is 2.69. The van der Waals surface area contributed by atoms with E-state index < -0.39 is 5.60 Å². The molecule has 6 heteroatoms. The Morgan fingerprint density at radius 1 is 1.23 bits per heavy atom. The lowest BCUT2D eigenvalue weighted by Gasteiger charge is -2.17. The van der Waals surface area contributed by atoms with Gasteiger partial charge >= 0.3 is 0 Å². The van der Waals surface area contributed by atoms with E-state index in [4.69, 9.17) is 16.4 Å². The lowest BCUT2D eigenvalue weighted by molar-refractivity contribution is -0.607. The number of aromatic nitrogens is 1. The Labute approximate surface area is 134 Å². The van der Waals surface area contributed by atoms with Gasteiger partial charge in [0.25, 0.3) is 5.69 Å². The molecular weight excluding hydrogens is 304 g/mol. The summed E-state index contributed by atoms with van der Waals surface area (Å²) in [5, 5.41) is 26.7. The van der Waals surface area contributed by atoms with Crippen LogP contribution in [0.2, 0.25) is 5.02 Å². The van der Waals surface area contributed by atoms with E-state index in [2.05, 4.69) is 5.16 Å². The molecule has 1 aromatic carbocycles. The minimum absolute atomic E-state index is 0.0223. The first-order valence-electron chi connectivity index (χ1n) is 6.71. The number of aromatic hydroxyl groups is 1. The largest absolute Gasteiger partial charge is 0.618 e. The number of hydrogen-bond acceptors (Lipinski definition) is 4. The lowest BCUT2D eigenvalue weighted by atomic mass is 10.1. The van der Waals surface area contributed by atoms with Crippen LogP contribution in [-0.4, -0.2) is 16.4 Å². The molecule has 1 aromatic heterocycles. The Balaban J connectivity index is 2.58. The number of oxime groups is 1. The Kier molecular flexibility index (Phi) is 4.56. The fourth-order valence-corrected chi connectivity index (χ4v) is 1.85. The zero-order valence-electron chi connectivity index (χ0n) is 12.6. The van der Waals surface area contributed by atoms with Crippen LogP contribution in [0.5, 0.6) is 5.75 Å². The zero-order chi connectivity index (χ0) is 16.3. The van der Waals surface area contributed by atoms with Crippen molar-refractivity contribution in [3.8, 4) is 5.75 Å². The molecule has 0 spiro atoms.